The zero-order valence-electron chi connectivity index (χ0n) is 26.5. The molecule has 0 atom stereocenters. The summed E-state index contributed by atoms with van der Waals surface area (Å²) in [7, 11) is 0. The Morgan fingerprint density at radius 1 is 0.500 bits per heavy atom. The minimum absolute atomic E-state index is 1.06. The fourth-order valence-corrected chi connectivity index (χ4v) is 8.09. The number of hydrogen-bond acceptors (Lipinski definition) is 1. The normalized spacial score (nSPS) is 13.3. The van der Waals surface area contributed by atoms with Gasteiger partial charge in [-0.25, -0.2) is 0 Å². The molecule has 0 N–H and O–H groups in total. The van der Waals surface area contributed by atoms with Crippen LogP contribution in [0.2, 0.25) is 0 Å². The van der Waals surface area contributed by atoms with Crippen LogP contribution in [0.5, 0.6) is 0 Å². The van der Waals surface area contributed by atoms with Gasteiger partial charge in [-0.05, 0) is 100 Å². The molecule has 48 heavy (non-hydrogen) atoms. The molecular weight excluding hydrogens is 581 g/mol. The number of benzene rings is 8. The molecule has 0 fully saturated rings. The molecular formula is C46H32N2. The number of hydrogen-bond donors (Lipinski definition) is 0. The smallest absolute Gasteiger partial charge is 0.0626 e. The van der Waals surface area contributed by atoms with E-state index in [9.17, 15) is 0 Å². The van der Waals surface area contributed by atoms with Gasteiger partial charge in [-0.1, -0.05) is 115 Å². The highest BCUT2D eigenvalue weighted by molar-refractivity contribution is 6.39. The number of allylic oxidation sites excluding steroid dienone is 3. The van der Waals surface area contributed by atoms with Crippen LogP contribution in [-0.2, 0) is 0 Å². The van der Waals surface area contributed by atoms with E-state index in [1.165, 1.54) is 82.3 Å². The van der Waals surface area contributed by atoms with Crippen LogP contribution in [-0.4, -0.2) is 4.57 Å². The highest BCUT2D eigenvalue weighted by Crippen LogP contribution is 2.48. The number of nitrogens with zero attached hydrogens (tertiary/aromatic N) is 2. The summed E-state index contributed by atoms with van der Waals surface area (Å²) >= 11 is 0. The summed E-state index contributed by atoms with van der Waals surface area (Å²) in [4.78, 5) is 2.37. The first kappa shape index (κ1) is 27.0. The molecule has 0 bridgehead atoms. The van der Waals surface area contributed by atoms with Crippen molar-refractivity contribution < 1.29 is 0 Å². The number of fused-ring (bicyclic) bond motifs is 5. The predicted molar refractivity (Wildman–Crippen MR) is 205 cm³/mol. The van der Waals surface area contributed by atoms with Crippen LogP contribution in [0.25, 0.3) is 70.9 Å². The summed E-state index contributed by atoms with van der Waals surface area (Å²) < 4.78 is 2.47. The van der Waals surface area contributed by atoms with Crippen LogP contribution in [0.15, 0.2) is 176 Å². The lowest BCUT2D eigenvalue weighted by Gasteiger charge is -2.27. The Hall–Kier alpha value is -6.12. The Morgan fingerprint density at radius 3 is 2.00 bits per heavy atom. The Labute approximate surface area is 279 Å². The fourth-order valence-electron chi connectivity index (χ4n) is 8.09. The van der Waals surface area contributed by atoms with Crippen molar-refractivity contribution in [3.63, 3.8) is 0 Å². The van der Waals surface area contributed by atoms with E-state index >= 15 is 0 Å². The van der Waals surface area contributed by atoms with Crippen molar-refractivity contribution in [2.45, 2.75) is 12.8 Å². The Balaban J connectivity index is 1.23. The molecule has 0 radical (unpaired) electrons. The number of aromatic nitrogens is 1. The molecule has 0 saturated carbocycles. The molecule has 2 heteroatoms. The van der Waals surface area contributed by atoms with Crippen molar-refractivity contribution in [1.29, 1.82) is 0 Å². The van der Waals surface area contributed by atoms with E-state index in [0.29, 0.717) is 0 Å². The predicted octanol–water partition coefficient (Wildman–Crippen LogP) is 12.7. The molecule has 1 heterocycles. The van der Waals surface area contributed by atoms with E-state index in [0.717, 1.165) is 18.5 Å². The van der Waals surface area contributed by atoms with Crippen molar-refractivity contribution >= 4 is 65.5 Å². The monoisotopic (exact) mass is 612 g/mol. The Kier molecular flexibility index (Phi) is 6.04. The van der Waals surface area contributed by atoms with Gasteiger partial charge in [0.1, 0.15) is 0 Å². The van der Waals surface area contributed by atoms with Crippen molar-refractivity contribution in [3.05, 3.63) is 176 Å². The lowest BCUT2D eigenvalue weighted by molar-refractivity contribution is 0.997. The summed E-state index contributed by atoms with van der Waals surface area (Å²) in [5.74, 6) is 0. The van der Waals surface area contributed by atoms with E-state index in [-0.39, 0.29) is 0 Å². The molecule has 0 spiro atoms. The van der Waals surface area contributed by atoms with Gasteiger partial charge in [0.05, 0.1) is 11.0 Å². The summed E-state index contributed by atoms with van der Waals surface area (Å²) in [5.41, 5.74) is 9.72. The van der Waals surface area contributed by atoms with E-state index in [2.05, 4.69) is 179 Å². The molecule has 10 rings (SSSR count). The molecule has 8 aromatic carbocycles. The second kappa shape index (κ2) is 10.7. The number of anilines is 2. The molecule has 0 aliphatic heterocycles. The average Bonchev–Trinajstić information content (AvgIpc) is 3.51. The zero-order valence-corrected chi connectivity index (χ0v) is 26.5. The summed E-state index contributed by atoms with van der Waals surface area (Å²) in [5, 5.41) is 10.5. The first-order valence-electron chi connectivity index (χ1n) is 16.9. The molecule has 0 unspecified atom stereocenters. The molecule has 1 aliphatic carbocycles. The average molecular weight is 613 g/mol. The SMILES string of the molecule is C1=CC(N(c2ccccc2)c2ccc(-c3cc4cccc5c4c4c3cccc4c3c5c4ccccc4n3-c3ccccc3)cc2)=CCC1. The molecule has 2 nitrogen and oxygen atoms in total. The lowest BCUT2D eigenvalue weighted by Crippen LogP contribution is -2.16. The van der Waals surface area contributed by atoms with Crippen LogP contribution in [0.1, 0.15) is 12.8 Å². The molecule has 0 amide bonds. The van der Waals surface area contributed by atoms with Gasteiger partial charge in [-0.2, -0.15) is 0 Å². The van der Waals surface area contributed by atoms with Crippen molar-refractivity contribution in [2.75, 3.05) is 4.90 Å². The third-order valence-corrected chi connectivity index (χ3v) is 10.1. The minimum atomic E-state index is 1.06. The quantitative estimate of drug-likeness (QED) is 0.176. The first-order valence-corrected chi connectivity index (χ1v) is 16.9. The second-order valence-corrected chi connectivity index (χ2v) is 12.8. The van der Waals surface area contributed by atoms with E-state index in [1.807, 2.05) is 0 Å². The highest BCUT2D eigenvalue weighted by atomic mass is 15.1. The zero-order chi connectivity index (χ0) is 31.6. The first-order chi connectivity index (χ1) is 23.8. The van der Waals surface area contributed by atoms with E-state index in [1.54, 1.807) is 0 Å². The third kappa shape index (κ3) is 3.99. The van der Waals surface area contributed by atoms with Crippen molar-refractivity contribution in [2.24, 2.45) is 0 Å². The van der Waals surface area contributed by atoms with Crippen LogP contribution < -0.4 is 4.90 Å². The van der Waals surface area contributed by atoms with Crippen LogP contribution in [0, 0.1) is 0 Å². The minimum Gasteiger partial charge on any atom is -0.311 e. The highest BCUT2D eigenvalue weighted by Gasteiger charge is 2.22. The third-order valence-electron chi connectivity index (χ3n) is 10.1. The lowest BCUT2D eigenvalue weighted by atomic mass is 9.87. The topological polar surface area (TPSA) is 8.17 Å². The molecule has 0 saturated heterocycles. The maximum atomic E-state index is 2.47. The van der Waals surface area contributed by atoms with Crippen molar-refractivity contribution in [3.8, 4) is 16.8 Å². The number of para-hydroxylation sites is 3. The van der Waals surface area contributed by atoms with Gasteiger partial charge in [-0.15, -0.1) is 0 Å². The second-order valence-electron chi connectivity index (χ2n) is 12.8. The van der Waals surface area contributed by atoms with E-state index < -0.39 is 0 Å². The van der Waals surface area contributed by atoms with Gasteiger partial charge in [0.25, 0.3) is 0 Å². The van der Waals surface area contributed by atoms with Crippen molar-refractivity contribution in [1.82, 2.24) is 4.57 Å². The molecule has 1 aliphatic rings. The standard InChI is InChI=1S/C46H32N2/c1-4-15-33(16-5-1)47(34-17-6-2-7-18-34)36-28-26-31(27-29-36)41-30-32-14-12-23-39-43(32)44-37(41)22-13-24-40(44)46-45(39)38-21-10-11-25-42(38)48(46)35-19-8-3-9-20-35/h1,3-6,8-30H,2,7H2. The van der Waals surface area contributed by atoms with Gasteiger partial charge in [0, 0.05) is 44.3 Å². The Bertz CT molecular complexity index is 2700. The van der Waals surface area contributed by atoms with Crippen LogP contribution >= 0.6 is 0 Å². The van der Waals surface area contributed by atoms with Crippen LogP contribution in [0.4, 0.5) is 11.4 Å². The van der Waals surface area contributed by atoms with Gasteiger partial charge in [-0.3, -0.25) is 0 Å². The largest absolute Gasteiger partial charge is 0.311 e. The Morgan fingerprint density at radius 2 is 1.19 bits per heavy atom. The summed E-state index contributed by atoms with van der Waals surface area (Å²) in [6.07, 6.45) is 9.03. The molecule has 226 valence electrons. The van der Waals surface area contributed by atoms with Gasteiger partial charge < -0.3 is 9.47 Å². The van der Waals surface area contributed by atoms with Gasteiger partial charge in [0.2, 0.25) is 0 Å². The summed E-state index contributed by atoms with van der Waals surface area (Å²) in [6, 6.07) is 55.6. The molecule has 9 aromatic rings. The van der Waals surface area contributed by atoms with E-state index in [4.69, 9.17) is 0 Å². The maximum absolute atomic E-state index is 2.47. The maximum Gasteiger partial charge on any atom is 0.0626 e. The molecule has 1 aromatic heterocycles. The van der Waals surface area contributed by atoms with Gasteiger partial charge in [0.15, 0.2) is 0 Å². The van der Waals surface area contributed by atoms with Gasteiger partial charge >= 0.3 is 0 Å². The summed E-state index contributed by atoms with van der Waals surface area (Å²) in [6.45, 7) is 0. The fraction of sp³-hybridized carbons (Fsp3) is 0.0435. The number of rotatable bonds is 5. The van der Waals surface area contributed by atoms with Crippen LogP contribution in [0.3, 0.4) is 0 Å².